The van der Waals surface area contributed by atoms with Crippen molar-refractivity contribution in [1.82, 2.24) is 5.32 Å². The zero-order chi connectivity index (χ0) is 12.9. The average Bonchev–Trinajstić information content (AvgIpc) is 2.66. The number of nitrogens with one attached hydrogen (secondary N) is 1. The van der Waals surface area contributed by atoms with Gasteiger partial charge in [0.1, 0.15) is 5.76 Å². The van der Waals surface area contributed by atoms with Gasteiger partial charge < -0.3 is 9.73 Å². The second kappa shape index (κ2) is 6.25. The van der Waals surface area contributed by atoms with Crippen molar-refractivity contribution in [2.75, 3.05) is 7.05 Å². The lowest BCUT2D eigenvalue weighted by Gasteiger charge is -2.26. The molecule has 1 N–H and O–H groups in total. The Kier molecular flexibility index (Phi) is 5.26. The Morgan fingerprint density at radius 3 is 2.53 bits per heavy atom. The highest BCUT2D eigenvalue weighted by atomic mass is 16.3. The molecule has 0 radical (unpaired) electrons. The maximum absolute atomic E-state index is 5.41. The van der Waals surface area contributed by atoms with E-state index in [1.165, 1.54) is 12.8 Å². The molecule has 0 aromatic carbocycles. The van der Waals surface area contributed by atoms with Crippen molar-refractivity contribution in [1.29, 1.82) is 0 Å². The van der Waals surface area contributed by atoms with Crippen molar-refractivity contribution in [2.24, 2.45) is 11.3 Å². The number of hydrogen-bond acceptors (Lipinski definition) is 2. The van der Waals surface area contributed by atoms with Crippen LogP contribution < -0.4 is 5.32 Å². The molecule has 98 valence electrons. The maximum atomic E-state index is 5.41. The molecule has 0 aliphatic heterocycles. The molecule has 0 bridgehead atoms. The lowest BCUT2D eigenvalue weighted by molar-refractivity contribution is 0.274. The Bertz CT molecular complexity index is 297. The minimum atomic E-state index is 0.419. The van der Waals surface area contributed by atoms with E-state index in [0.717, 1.165) is 18.1 Å². The number of likely N-dealkylation sites (N-methyl/N-ethyl adjacent to an activating group) is 1. The Labute approximate surface area is 106 Å². The standard InChI is InChI=1S/C15H27NO/c1-12(11-15(2,3)4)9-13(16-5)10-14-7-6-8-17-14/h6-8,12-13,16H,9-11H2,1-5H3. The molecule has 1 aromatic heterocycles. The smallest absolute Gasteiger partial charge is 0.105 e. The van der Waals surface area contributed by atoms with Crippen LogP contribution in [0.25, 0.3) is 0 Å². The lowest BCUT2D eigenvalue weighted by Crippen LogP contribution is -2.30. The lowest BCUT2D eigenvalue weighted by atomic mass is 9.82. The summed E-state index contributed by atoms with van der Waals surface area (Å²) >= 11 is 0. The van der Waals surface area contributed by atoms with Gasteiger partial charge in [0.2, 0.25) is 0 Å². The van der Waals surface area contributed by atoms with Crippen LogP contribution in [0.5, 0.6) is 0 Å². The highest BCUT2D eigenvalue weighted by Crippen LogP contribution is 2.27. The van der Waals surface area contributed by atoms with Gasteiger partial charge in [-0.3, -0.25) is 0 Å². The summed E-state index contributed by atoms with van der Waals surface area (Å²) in [6.07, 6.45) is 5.20. The van der Waals surface area contributed by atoms with Gasteiger partial charge in [0.25, 0.3) is 0 Å². The highest BCUT2D eigenvalue weighted by Gasteiger charge is 2.19. The predicted octanol–water partition coefficient (Wildman–Crippen LogP) is 3.87. The Morgan fingerprint density at radius 1 is 1.35 bits per heavy atom. The van der Waals surface area contributed by atoms with E-state index in [4.69, 9.17) is 4.42 Å². The van der Waals surface area contributed by atoms with Crippen molar-refractivity contribution >= 4 is 0 Å². The molecule has 0 saturated carbocycles. The summed E-state index contributed by atoms with van der Waals surface area (Å²) in [5.74, 6) is 1.81. The summed E-state index contributed by atoms with van der Waals surface area (Å²) in [7, 11) is 2.04. The van der Waals surface area contributed by atoms with E-state index in [0.29, 0.717) is 11.5 Å². The van der Waals surface area contributed by atoms with Gasteiger partial charge in [-0.25, -0.2) is 0 Å². The van der Waals surface area contributed by atoms with Crippen LogP contribution in [-0.2, 0) is 6.42 Å². The molecular formula is C15H27NO. The van der Waals surface area contributed by atoms with Gasteiger partial charge in [0, 0.05) is 12.5 Å². The number of hydrogen-bond donors (Lipinski definition) is 1. The van der Waals surface area contributed by atoms with E-state index in [1.807, 2.05) is 13.1 Å². The monoisotopic (exact) mass is 237 g/mol. The normalized spacial score (nSPS) is 15.8. The van der Waals surface area contributed by atoms with Crippen molar-refractivity contribution in [3.05, 3.63) is 24.2 Å². The minimum absolute atomic E-state index is 0.419. The first kappa shape index (κ1) is 14.3. The molecule has 2 nitrogen and oxygen atoms in total. The zero-order valence-corrected chi connectivity index (χ0v) is 11.9. The summed E-state index contributed by atoms with van der Waals surface area (Å²) < 4.78 is 5.41. The summed E-state index contributed by atoms with van der Waals surface area (Å²) in [5, 5.41) is 3.40. The molecule has 0 amide bonds. The summed E-state index contributed by atoms with van der Waals surface area (Å²) in [5.41, 5.74) is 0.419. The zero-order valence-electron chi connectivity index (χ0n) is 11.9. The minimum Gasteiger partial charge on any atom is -0.469 e. The molecule has 0 spiro atoms. The fraction of sp³-hybridized carbons (Fsp3) is 0.733. The molecule has 0 aliphatic rings. The number of rotatable bonds is 6. The van der Waals surface area contributed by atoms with Gasteiger partial charge in [-0.15, -0.1) is 0 Å². The SMILES string of the molecule is CNC(Cc1ccco1)CC(C)CC(C)(C)C. The topological polar surface area (TPSA) is 25.2 Å². The van der Waals surface area contributed by atoms with Gasteiger partial charge in [-0.2, -0.15) is 0 Å². The van der Waals surface area contributed by atoms with Gasteiger partial charge in [-0.05, 0) is 43.4 Å². The molecule has 2 atom stereocenters. The Morgan fingerprint density at radius 2 is 2.06 bits per heavy atom. The van der Waals surface area contributed by atoms with Crippen LogP contribution in [0, 0.1) is 11.3 Å². The molecular weight excluding hydrogens is 210 g/mol. The molecule has 1 rings (SSSR count). The van der Waals surface area contributed by atoms with Crippen LogP contribution in [0.4, 0.5) is 0 Å². The molecule has 2 unspecified atom stereocenters. The van der Waals surface area contributed by atoms with Crippen LogP contribution in [0.2, 0.25) is 0 Å². The largest absolute Gasteiger partial charge is 0.469 e. The van der Waals surface area contributed by atoms with Crippen molar-refractivity contribution < 1.29 is 4.42 Å². The predicted molar refractivity (Wildman–Crippen MR) is 73.1 cm³/mol. The third kappa shape index (κ3) is 5.92. The van der Waals surface area contributed by atoms with Crippen molar-refractivity contribution in [2.45, 2.75) is 53.0 Å². The van der Waals surface area contributed by atoms with Gasteiger partial charge >= 0.3 is 0 Å². The molecule has 0 saturated heterocycles. The molecule has 17 heavy (non-hydrogen) atoms. The third-order valence-corrected chi connectivity index (χ3v) is 3.08. The molecule has 0 aliphatic carbocycles. The Hall–Kier alpha value is -0.760. The van der Waals surface area contributed by atoms with Crippen LogP contribution in [0.1, 0.15) is 46.3 Å². The molecule has 2 heteroatoms. The van der Waals surface area contributed by atoms with Gasteiger partial charge in [0.05, 0.1) is 6.26 Å². The second-order valence-electron chi connectivity index (χ2n) is 6.37. The van der Waals surface area contributed by atoms with E-state index >= 15 is 0 Å². The Balaban J connectivity index is 2.41. The van der Waals surface area contributed by atoms with E-state index in [-0.39, 0.29) is 0 Å². The first-order valence-corrected chi connectivity index (χ1v) is 6.60. The van der Waals surface area contributed by atoms with Crippen LogP contribution >= 0.6 is 0 Å². The summed E-state index contributed by atoms with van der Waals surface area (Å²) in [6.45, 7) is 9.27. The molecule has 1 heterocycles. The van der Waals surface area contributed by atoms with Crippen LogP contribution in [0.15, 0.2) is 22.8 Å². The van der Waals surface area contributed by atoms with E-state index in [1.54, 1.807) is 6.26 Å². The van der Waals surface area contributed by atoms with E-state index in [9.17, 15) is 0 Å². The van der Waals surface area contributed by atoms with E-state index < -0.39 is 0 Å². The maximum Gasteiger partial charge on any atom is 0.105 e. The van der Waals surface area contributed by atoms with Crippen molar-refractivity contribution in [3.63, 3.8) is 0 Å². The first-order chi connectivity index (χ1) is 7.90. The third-order valence-electron chi connectivity index (χ3n) is 3.08. The molecule has 1 aromatic rings. The van der Waals surface area contributed by atoms with Crippen LogP contribution in [-0.4, -0.2) is 13.1 Å². The number of furan rings is 1. The quantitative estimate of drug-likeness (QED) is 0.812. The van der Waals surface area contributed by atoms with E-state index in [2.05, 4.69) is 39.1 Å². The van der Waals surface area contributed by atoms with Crippen molar-refractivity contribution in [3.8, 4) is 0 Å². The van der Waals surface area contributed by atoms with Crippen LogP contribution in [0.3, 0.4) is 0 Å². The first-order valence-electron chi connectivity index (χ1n) is 6.60. The van der Waals surface area contributed by atoms with Gasteiger partial charge in [0.15, 0.2) is 0 Å². The summed E-state index contributed by atoms with van der Waals surface area (Å²) in [6, 6.07) is 4.53. The highest BCUT2D eigenvalue weighted by molar-refractivity contribution is 5.00. The molecule has 0 fully saturated rings. The fourth-order valence-electron chi connectivity index (χ4n) is 2.59. The van der Waals surface area contributed by atoms with Gasteiger partial charge in [-0.1, -0.05) is 27.7 Å². The average molecular weight is 237 g/mol. The fourth-order valence-corrected chi connectivity index (χ4v) is 2.59. The summed E-state index contributed by atoms with van der Waals surface area (Å²) in [4.78, 5) is 0. The second-order valence-corrected chi connectivity index (χ2v) is 6.37.